The van der Waals surface area contributed by atoms with Gasteiger partial charge in [-0.05, 0) is 59.6 Å². The molecule has 23 heavy (non-hydrogen) atoms. The molecule has 0 saturated carbocycles. The van der Waals surface area contributed by atoms with E-state index in [9.17, 15) is 4.79 Å². The number of benzene rings is 1. The molecule has 0 unspecified atom stereocenters. The van der Waals surface area contributed by atoms with Crippen molar-refractivity contribution in [2.75, 3.05) is 25.0 Å². The van der Waals surface area contributed by atoms with Crippen LogP contribution in [0, 0.1) is 0 Å². The second-order valence-electron chi connectivity index (χ2n) is 5.41. The normalized spacial score (nSPS) is 10.7. The number of anilines is 1. The summed E-state index contributed by atoms with van der Waals surface area (Å²) in [5.41, 5.74) is 3.23. The molecular weight excluding hydrogens is 306 g/mol. The second-order valence-corrected chi connectivity index (χ2v) is 6.19. The first-order valence-electron chi connectivity index (χ1n) is 8.08. The molecule has 0 aliphatic rings. The van der Waals surface area contributed by atoms with E-state index in [2.05, 4.69) is 41.5 Å². The highest BCUT2D eigenvalue weighted by atomic mass is 32.1. The molecule has 0 aliphatic heterocycles. The smallest absolute Gasteiger partial charge is 0.319 e. The maximum Gasteiger partial charge on any atom is 0.319 e. The number of nitrogens with one attached hydrogen (secondary N) is 2. The van der Waals surface area contributed by atoms with Crippen LogP contribution in [0.4, 0.5) is 10.5 Å². The van der Waals surface area contributed by atoms with Crippen molar-refractivity contribution in [3.8, 4) is 0 Å². The summed E-state index contributed by atoms with van der Waals surface area (Å²) in [6, 6.07) is 9.92. The van der Waals surface area contributed by atoms with Gasteiger partial charge in [-0.2, -0.15) is 11.3 Å². The fourth-order valence-electron chi connectivity index (χ4n) is 2.33. The number of carbonyl (C=O) groups is 1. The van der Waals surface area contributed by atoms with Gasteiger partial charge in [-0.1, -0.05) is 26.0 Å². The summed E-state index contributed by atoms with van der Waals surface area (Å²) in [6.07, 6.45) is 1.03. The van der Waals surface area contributed by atoms with Gasteiger partial charge in [-0.15, -0.1) is 0 Å². The van der Waals surface area contributed by atoms with E-state index in [1.165, 1.54) is 5.56 Å². The third-order valence-electron chi connectivity index (χ3n) is 3.86. The molecular formula is C18H25N3OS. The summed E-state index contributed by atoms with van der Waals surface area (Å²) >= 11 is 1.63. The lowest BCUT2D eigenvalue weighted by molar-refractivity contribution is 0.252. The van der Waals surface area contributed by atoms with Crippen molar-refractivity contribution < 1.29 is 4.79 Å². The summed E-state index contributed by atoms with van der Waals surface area (Å²) in [5, 5.41) is 9.75. The zero-order valence-electron chi connectivity index (χ0n) is 13.8. The maximum absolute atomic E-state index is 11.9. The minimum Gasteiger partial charge on any atom is -0.334 e. The van der Waals surface area contributed by atoms with Crippen LogP contribution in [0.5, 0.6) is 0 Å². The molecule has 2 rings (SSSR count). The first kappa shape index (κ1) is 17.5. The number of amides is 2. The van der Waals surface area contributed by atoms with E-state index in [0.29, 0.717) is 6.54 Å². The predicted molar refractivity (Wildman–Crippen MR) is 98.1 cm³/mol. The molecule has 1 aromatic carbocycles. The molecule has 0 bridgehead atoms. The van der Waals surface area contributed by atoms with Gasteiger partial charge in [0.1, 0.15) is 0 Å². The zero-order chi connectivity index (χ0) is 16.5. The van der Waals surface area contributed by atoms with Crippen molar-refractivity contribution in [1.29, 1.82) is 0 Å². The van der Waals surface area contributed by atoms with Crippen LogP contribution >= 0.6 is 11.3 Å². The second kappa shape index (κ2) is 9.33. The van der Waals surface area contributed by atoms with E-state index in [4.69, 9.17) is 0 Å². The Morgan fingerprint density at radius 1 is 1.09 bits per heavy atom. The van der Waals surface area contributed by atoms with Crippen LogP contribution in [0.25, 0.3) is 0 Å². The third-order valence-corrected chi connectivity index (χ3v) is 4.59. The Morgan fingerprint density at radius 2 is 1.83 bits per heavy atom. The summed E-state index contributed by atoms with van der Waals surface area (Å²) in [5.74, 6) is 0. The Bertz CT molecular complexity index is 577. The SMILES string of the molecule is CCN(CC)CCc1ccc(NC(=O)NCc2ccsc2)cc1. The average molecular weight is 331 g/mol. The van der Waals surface area contributed by atoms with E-state index in [1.54, 1.807) is 11.3 Å². The number of urea groups is 1. The molecule has 124 valence electrons. The molecule has 0 spiro atoms. The van der Waals surface area contributed by atoms with E-state index < -0.39 is 0 Å². The molecule has 2 aromatic rings. The van der Waals surface area contributed by atoms with Crippen LogP contribution in [0.2, 0.25) is 0 Å². The standard InChI is InChI=1S/C18H25N3OS/c1-3-21(4-2)11-9-15-5-7-17(8-6-15)20-18(22)19-13-16-10-12-23-14-16/h5-8,10,12,14H,3-4,9,11,13H2,1-2H3,(H2,19,20,22). The number of likely N-dealkylation sites (N-methyl/N-ethyl adjacent to an activating group) is 1. The molecule has 0 aliphatic carbocycles. The molecule has 2 N–H and O–H groups in total. The fraction of sp³-hybridized carbons (Fsp3) is 0.389. The Balaban J connectivity index is 1.76. The Kier molecular flexibility index (Phi) is 7.10. The van der Waals surface area contributed by atoms with Gasteiger partial charge in [-0.3, -0.25) is 0 Å². The van der Waals surface area contributed by atoms with Crippen LogP contribution in [0.3, 0.4) is 0 Å². The largest absolute Gasteiger partial charge is 0.334 e. The molecule has 1 aromatic heterocycles. The third kappa shape index (κ3) is 6.04. The lowest BCUT2D eigenvalue weighted by atomic mass is 10.1. The van der Waals surface area contributed by atoms with Gasteiger partial charge in [0.25, 0.3) is 0 Å². The molecule has 5 heteroatoms. The molecule has 0 radical (unpaired) electrons. The van der Waals surface area contributed by atoms with Gasteiger partial charge in [0.2, 0.25) is 0 Å². The Labute approximate surface area is 142 Å². The van der Waals surface area contributed by atoms with Crippen molar-refractivity contribution in [1.82, 2.24) is 10.2 Å². The minimum absolute atomic E-state index is 0.174. The topological polar surface area (TPSA) is 44.4 Å². The molecule has 0 fully saturated rings. The summed E-state index contributed by atoms with van der Waals surface area (Å²) in [7, 11) is 0. The van der Waals surface area contributed by atoms with Gasteiger partial charge in [0, 0.05) is 18.8 Å². The van der Waals surface area contributed by atoms with Crippen molar-refractivity contribution in [2.24, 2.45) is 0 Å². The van der Waals surface area contributed by atoms with Crippen molar-refractivity contribution in [3.05, 3.63) is 52.2 Å². The Morgan fingerprint density at radius 3 is 2.43 bits per heavy atom. The highest BCUT2D eigenvalue weighted by Gasteiger charge is 2.03. The van der Waals surface area contributed by atoms with E-state index in [-0.39, 0.29) is 6.03 Å². The van der Waals surface area contributed by atoms with Gasteiger partial charge in [-0.25, -0.2) is 4.79 Å². The lowest BCUT2D eigenvalue weighted by Gasteiger charge is -2.17. The van der Waals surface area contributed by atoms with Crippen molar-refractivity contribution in [2.45, 2.75) is 26.8 Å². The fourth-order valence-corrected chi connectivity index (χ4v) is 3.00. The van der Waals surface area contributed by atoms with Crippen LogP contribution in [-0.4, -0.2) is 30.6 Å². The van der Waals surface area contributed by atoms with Gasteiger partial charge < -0.3 is 15.5 Å². The summed E-state index contributed by atoms with van der Waals surface area (Å²) < 4.78 is 0. The maximum atomic E-state index is 11.9. The lowest BCUT2D eigenvalue weighted by Crippen LogP contribution is -2.28. The zero-order valence-corrected chi connectivity index (χ0v) is 14.7. The minimum atomic E-state index is -0.174. The van der Waals surface area contributed by atoms with Crippen molar-refractivity contribution >= 4 is 23.1 Å². The number of hydrogen-bond donors (Lipinski definition) is 2. The molecule has 0 saturated heterocycles. The van der Waals surface area contributed by atoms with Crippen LogP contribution < -0.4 is 10.6 Å². The first-order chi connectivity index (χ1) is 11.2. The predicted octanol–water partition coefficient (Wildman–Crippen LogP) is 3.95. The van der Waals surface area contributed by atoms with Gasteiger partial charge in [0.15, 0.2) is 0 Å². The number of carbonyl (C=O) groups excluding carboxylic acids is 1. The van der Waals surface area contributed by atoms with Gasteiger partial charge in [0.05, 0.1) is 0 Å². The van der Waals surface area contributed by atoms with Crippen LogP contribution in [0.15, 0.2) is 41.1 Å². The Hall–Kier alpha value is -1.85. The van der Waals surface area contributed by atoms with Crippen molar-refractivity contribution in [3.63, 3.8) is 0 Å². The van der Waals surface area contributed by atoms with E-state index in [0.717, 1.165) is 37.3 Å². The van der Waals surface area contributed by atoms with E-state index >= 15 is 0 Å². The summed E-state index contributed by atoms with van der Waals surface area (Å²) in [6.45, 7) is 8.16. The molecule has 0 atom stereocenters. The number of thiophene rings is 1. The van der Waals surface area contributed by atoms with Crippen LogP contribution in [0.1, 0.15) is 25.0 Å². The van der Waals surface area contributed by atoms with E-state index in [1.807, 2.05) is 29.0 Å². The van der Waals surface area contributed by atoms with Crippen LogP contribution in [-0.2, 0) is 13.0 Å². The highest BCUT2D eigenvalue weighted by molar-refractivity contribution is 7.07. The molecule has 1 heterocycles. The summed E-state index contributed by atoms with van der Waals surface area (Å²) in [4.78, 5) is 14.3. The first-order valence-corrected chi connectivity index (χ1v) is 9.02. The molecule has 4 nitrogen and oxygen atoms in total. The quantitative estimate of drug-likeness (QED) is 0.769. The highest BCUT2D eigenvalue weighted by Crippen LogP contribution is 2.11. The number of rotatable bonds is 8. The average Bonchev–Trinajstić information content (AvgIpc) is 3.09. The molecule has 2 amide bonds. The van der Waals surface area contributed by atoms with Gasteiger partial charge >= 0.3 is 6.03 Å². The number of nitrogens with zero attached hydrogens (tertiary/aromatic N) is 1. The number of hydrogen-bond acceptors (Lipinski definition) is 3. The monoisotopic (exact) mass is 331 g/mol.